The molecule has 2 aliphatic rings. The largest absolute Gasteiger partial charge is 0.236 e. The lowest BCUT2D eigenvalue weighted by Crippen LogP contribution is -2.26. The van der Waals surface area contributed by atoms with Gasteiger partial charge in [0, 0.05) is 11.0 Å². The zero-order valence-electron chi connectivity index (χ0n) is 14.3. The van der Waals surface area contributed by atoms with E-state index in [9.17, 15) is 0 Å². The van der Waals surface area contributed by atoms with E-state index < -0.39 is 0 Å². The second-order valence-electron chi connectivity index (χ2n) is 6.91. The normalized spacial score (nSPS) is 21.8. The summed E-state index contributed by atoms with van der Waals surface area (Å²) in [6, 6.07) is 10.4. The Labute approximate surface area is 147 Å². The van der Waals surface area contributed by atoms with Crippen LogP contribution in [0.2, 0.25) is 0 Å². The van der Waals surface area contributed by atoms with Crippen LogP contribution in [0.1, 0.15) is 20.8 Å². The second-order valence-corrected chi connectivity index (χ2v) is 7.94. The van der Waals surface area contributed by atoms with E-state index in [2.05, 4.69) is 81.5 Å². The monoisotopic (exact) mass is 331 g/mol. The molecule has 1 aromatic carbocycles. The van der Waals surface area contributed by atoms with Gasteiger partial charge in [-0.2, -0.15) is 0 Å². The second kappa shape index (κ2) is 5.71. The predicted octanol–water partition coefficient (Wildman–Crippen LogP) is 4.47. The number of thiazole rings is 1. The highest BCUT2D eigenvalue weighted by atomic mass is 32.1. The number of hydrogen-bond acceptors (Lipinski definition) is 2. The summed E-state index contributed by atoms with van der Waals surface area (Å²) in [5.41, 5.74) is 3.93. The van der Waals surface area contributed by atoms with E-state index in [1.54, 1.807) is 11.3 Å². The van der Waals surface area contributed by atoms with Crippen molar-refractivity contribution in [3.63, 3.8) is 0 Å². The molecule has 0 radical (unpaired) electrons. The van der Waals surface area contributed by atoms with Crippen LogP contribution in [0.15, 0.2) is 65.8 Å². The first-order valence-corrected chi connectivity index (χ1v) is 9.26. The van der Waals surface area contributed by atoms with Gasteiger partial charge in [0.2, 0.25) is 0 Å². The Morgan fingerprint density at radius 3 is 2.29 bits per heavy atom. The lowest BCUT2D eigenvalue weighted by atomic mass is 9.68. The van der Waals surface area contributed by atoms with Crippen molar-refractivity contribution >= 4 is 23.5 Å². The summed E-state index contributed by atoms with van der Waals surface area (Å²) >= 11 is 1.78. The Hall–Kier alpha value is -2.19. The van der Waals surface area contributed by atoms with Gasteiger partial charge in [0.25, 0.3) is 0 Å². The fourth-order valence-electron chi connectivity index (χ4n) is 3.44. The molecule has 1 nitrogen and oxygen atoms in total. The van der Waals surface area contributed by atoms with Gasteiger partial charge in [0.05, 0.1) is 9.88 Å². The highest BCUT2D eigenvalue weighted by molar-refractivity contribution is 7.13. The molecule has 1 unspecified atom stereocenters. The Kier molecular flexibility index (Phi) is 3.65. The van der Waals surface area contributed by atoms with Crippen LogP contribution >= 0.6 is 11.3 Å². The number of allylic oxidation sites excluding steroid dienone is 6. The van der Waals surface area contributed by atoms with Gasteiger partial charge < -0.3 is 0 Å². The molecule has 120 valence electrons. The quantitative estimate of drug-likeness (QED) is 0.791. The van der Waals surface area contributed by atoms with E-state index in [0.29, 0.717) is 5.92 Å². The average Bonchev–Trinajstić information content (AvgIpc) is 2.87. The molecule has 24 heavy (non-hydrogen) atoms. The topological polar surface area (TPSA) is 12.9 Å². The van der Waals surface area contributed by atoms with Gasteiger partial charge in [0.15, 0.2) is 0 Å². The molecule has 0 saturated carbocycles. The molecule has 0 amide bonds. The molecule has 2 aromatic rings. The van der Waals surface area contributed by atoms with Crippen molar-refractivity contribution < 1.29 is 0 Å². The minimum atomic E-state index is 0.0246. The first-order valence-electron chi connectivity index (χ1n) is 8.44. The Morgan fingerprint density at radius 1 is 0.958 bits per heavy atom. The van der Waals surface area contributed by atoms with E-state index >= 15 is 0 Å². The van der Waals surface area contributed by atoms with Crippen LogP contribution in [0.25, 0.3) is 22.7 Å². The molecule has 2 aliphatic carbocycles. The van der Waals surface area contributed by atoms with Crippen molar-refractivity contribution in [2.45, 2.75) is 20.8 Å². The number of rotatable bonds is 2. The zero-order valence-corrected chi connectivity index (χ0v) is 15.1. The fourth-order valence-corrected chi connectivity index (χ4v) is 4.44. The fraction of sp³-hybridized carbons (Fsp3) is 0.227. The summed E-state index contributed by atoms with van der Waals surface area (Å²) in [7, 11) is 0. The summed E-state index contributed by atoms with van der Waals surface area (Å²) in [4.78, 5) is 4.94. The zero-order chi connectivity index (χ0) is 16.7. The van der Waals surface area contributed by atoms with E-state index in [1.807, 2.05) is 6.07 Å². The Morgan fingerprint density at radius 2 is 1.62 bits per heavy atom. The van der Waals surface area contributed by atoms with Crippen molar-refractivity contribution in [3.8, 4) is 10.6 Å². The third-order valence-electron chi connectivity index (χ3n) is 5.30. The minimum absolute atomic E-state index is 0.0246. The van der Waals surface area contributed by atoms with Crippen LogP contribution < -0.4 is 9.88 Å². The molecule has 1 aromatic heterocycles. The Balaban J connectivity index is 1.97. The molecule has 1 atom stereocenters. The predicted molar refractivity (Wildman–Crippen MR) is 104 cm³/mol. The van der Waals surface area contributed by atoms with Crippen LogP contribution in [0.4, 0.5) is 0 Å². The molecule has 2 heteroatoms. The molecule has 2 bridgehead atoms. The van der Waals surface area contributed by atoms with Gasteiger partial charge in [-0.3, -0.25) is 0 Å². The van der Waals surface area contributed by atoms with Crippen molar-refractivity contribution in [1.29, 1.82) is 0 Å². The summed E-state index contributed by atoms with van der Waals surface area (Å²) in [5.74, 6) is 0.519. The van der Waals surface area contributed by atoms with Gasteiger partial charge in [-0.05, 0) is 29.2 Å². The molecule has 4 rings (SSSR count). The third kappa shape index (κ3) is 2.33. The summed E-state index contributed by atoms with van der Waals surface area (Å²) in [6.45, 7) is 6.96. The Bertz CT molecular complexity index is 931. The highest BCUT2D eigenvalue weighted by Gasteiger charge is 2.36. The summed E-state index contributed by atoms with van der Waals surface area (Å²) < 4.78 is 1.26. The SMILES string of the molecule is CC(C)C1(C)C2=CC=CC=C1C=c1sc(-c3ccccc3)nc1=C2. The minimum Gasteiger partial charge on any atom is -0.236 e. The van der Waals surface area contributed by atoms with E-state index in [-0.39, 0.29) is 5.41 Å². The van der Waals surface area contributed by atoms with Gasteiger partial charge in [-0.1, -0.05) is 75.4 Å². The average molecular weight is 331 g/mol. The van der Waals surface area contributed by atoms with Gasteiger partial charge >= 0.3 is 0 Å². The van der Waals surface area contributed by atoms with Crippen molar-refractivity contribution in [2.75, 3.05) is 0 Å². The van der Waals surface area contributed by atoms with Gasteiger partial charge in [-0.15, -0.1) is 11.3 Å². The molecule has 0 spiro atoms. The summed E-state index contributed by atoms with van der Waals surface area (Å²) in [5, 5.41) is 2.18. The van der Waals surface area contributed by atoms with Crippen molar-refractivity contribution in [1.82, 2.24) is 4.98 Å². The molecule has 0 fully saturated rings. The molecule has 0 N–H and O–H groups in total. The number of fused-ring (bicyclic) bond motifs is 3. The van der Waals surface area contributed by atoms with Crippen LogP contribution in [0.5, 0.6) is 0 Å². The lowest BCUT2D eigenvalue weighted by molar-refractivity contribution is 0.358. The summed E-state index contributed by atoms with van der Waals surface area (Å²) in [6.07, 6.45) is 13.4. The molecule has 0 saturated heterocycles. The van der Waals surface area contributed by atoms with Crippen LogP contribution in [-0.2, 0) is 0 Å². The molecule has 1 heterocycles. The maximum Gasteiger partial charge on any atom is 0.124 e. The van der Waals surface area contributed by atoms with Crippen LogP contribution in [0, 0.1) is 11.3 Å². The van der Waals surface area contributed by atoms with Crippen molar-refractivity contribution in [3.05, 3.63) is 75.7 Å². The number of nitrogens with zero attached hydrogens (tertiary/aromatic N) is 1. The first kappa shape index (κ1) is 15.3. The maximum atomic E-state index is 4.94. The number of hydrogen-bond donors (Lipinski definition) is 0. The number of aromatic nitrogens is 1. The molecular weight excluding hydrogens is 310 g/mol. The van der Waals surface area contributed by atoms with Gasteiger partial charge in [-0.25, -0.2) is 4.98 Å². The standard InChI is InChI=1S/C22H21NS/c1-15(2)22(3)17-11-7-8-12-18(22)14-20-19(13-17)23-21(24-20)16-9-5-4-6-10-16/h4-15H,1-3H3. The van der Waals surface area contributed by atoms with E-state index in [4.69, 9.17) is 4.98 Å². The smallest absolute Gasteiger partial charge is 0.124 e. The van der Waals surface area contributed by atoms with Gasteiger partial charge in [0.1, 0.15) is 5.01 Å². The molecule has 0 aliphatic heterocycles. The van der Waals surface area contributed by atoms with E-state index in [0.717, 1.165) is 10.4 Å². The lowest BCUT2D eigenvalue weighted by Gasteiger charge is -2.35. The molecular formula is C22H21NS. The maximum absolute atomic E-state index is 4.94. The highest BCUT2D eigenvalue weighted by Crippen LogP contribution is 2.45. The first-order chi connectivity index (χ1) is 11.6. The van der Waals surface area contributed by atoms with Crippen LogP contribution in [-0.4, -0.2) is 4.98 Å². The van der Waals surface area contributed by atoms with Crippen LogP contribution in [0.3, 0.4) is 0 Å². The van der Waals surface area contributed by atoms with Crippen molar-refractivity contribution in [2.24, 2.45) is 11.3 Å². The third-order valence-corrected chi connectivity index (χ3v) is 6.36. The van der Waals surface area contributed by atoms with E-state index in [1.165, 1.54) is 21.2 Å². The number of benzene rings is 1.